The van der Waals surface area contributed by atoms with Crippen LogP contribution in [0.25, 0.3) is 10.8 Å². The molecule has 1 aromatic heterocycles. The first-order chi connectivity index (χ1) is 17.6. The zero-order valence-electron chi connectivity index (χ0n) is 21.2. The summed E-state index contributed by atoms with van der Waals surface area (Å²) in [5.41, 5.74) is -1.26. The molecule has 0 aliphatic carbocycles. The van der Waals surface area contributed by atoms with Gasteiger partial charge in [0.25, 0.3) is 0 Å². The van der Waals surface area contributed by atoms with E-state index in [-0.39, 0.29) is 6.10 Å². The Morgan fingerprint density at radius 2 is 1.81 bits per heavy atom. The first-order valence-corrected chi connectivity index (χ1v) is 12.5. The Morgan fingerprint density at radius 3 is 2.51 bits per heavy atom. The van der Waals surface area contributed by atoms with Crippen LogP contribution >= 0.6 is 11.3 Å². The lowest BCUT2D eigenvalue weighted by molar-refractivity contribution is -0.976. The van der Waals surface area contributed by atoms with Crippen molar-refractivity contribution in [2.45, 2.75) is 39.6 Å². The van der Waals surface area contributed by atoms with Gasteiger partial charge in [0.05, 0.1) is 0 Å². The summed E-state index contributed by atoms with van der Waals surface area (Å²) in [7, 11) is 1.59. The van der Waals surface area contributed by atoms with Crippen LogP contribution in [0.15, 0.2) is 60.0 Å². The van der Waals surface area contributed by atoms with Crippen molar-refractivity contribution in [3.05, 3.63) is 69.8 Å². The van der Waals surface area contributed by atoms with E-state index in [1.165, 1.54) is 25.7 Å². The van der Waals surface area contributed by atoms with E-state index in [0.29, 0.717) is 13.0 Å². The predicted octanol–water partition coefficient (Wildman–Crippen LogP) is 5.50. The normalized spacial score (nSPS) is 12.9. The van der Waals surface area contributed by atoms with Crippen molar-refractivity contribution in [2.75, 3.05) is 20.2 Å². The first kappa shape index (κ1) is 27.7. The summed E-state index contributed by atoms with van der Waals surface area (Å²) < 4.78 is 16.8. The highest BCUT2D eigenvalue weighted by molar-refractivity contribution is 7.10. The van der Waals surface area contributed by atoms with E-state index in [2.05, 4.69) is 4.84 Å². The molecule has 0 radical (unpaired) electrons. The van der Waals surface area contributed by atoms with Gasteiger partial charge in [-0.05, 0) is 36.7 Å². The molecule has 0 aliphatic heterocycles. The summed E-state index contributed by atoms with van der Waals surface area (Å²) in [5.74, 6) is -0.00583. The minimum atomic E-state index is -1.26. The average molecular weight is 532 g/mol. The number of ether oxygens (including phenoxy) is 3. The molecule has 3 rings (SSSR count). The maximum absolute atomic E-state index is 12.6. The van der Waals surface area contributed by atoms with E-state index in [1.807, 2.05) is 60.0 Å². The Morgan fingerprint density at radius 1 is 1.08 bits per heavy atom. The lowest BCUT2D eigenvalue weighted by Gasteiger charge is -2.25. The van der Waals surface area contributed by atoms with Gasteiger partial charge >= 0.3 is 17.1 Å². The van der Waals surface area contributed by atoms with Crippen LogP contribution in [0.2, 0.25) is 0 Å². The lowest BCUT2D eigenvalue weighted by Crippen LogP contribution is -2.38. The van der Waals surface area contributed by atoms with Crippen LogP contribution in [0.1, 0.15) is 38.2 Å². The highest BCUT2D eigenvalue weighted by Crippen LogP contribution is 2.33. The minimum Gasteiger partial charge on any atom is -0.484 e. The molecule has 0 bridgehead atoms. The number of benzene rings is 2. The first-order valence-electron chi connectivity index (χ1n) is 11.7. The molecule has 3 aromatic rings. The second kappa shape index (κ2) is 12.4. The third-order valence-corrected chi connectivity index (χ3v) is 6.51. The zero-order chi connectivity index (χ0) is 27.0. The molecule has 2 atom stereocenters. The summed E-state index contributed by atoms with van der Waals surface area (Å²) >= 11 is 1.58. The van der Waals surface area contributed by atoms with Crippen LogP contribution in [0, 0.1) is 10.3 Å². The molecule has 1 N–H and O–H groups in total. The molecule has 2 unspecified atom stereocenters. The average Bonchev–Trinajstić information content (AvgIpc) is 3.40. The van der Waals surface area contributed by atoms with Crippen LogP contribution in [-0.2, 0) is 19.1 Å². The summed E-state index contributed by atoms with van der Waals surface area (Å²) in [6.07, 6.45) is -1.64. The standard InChI is InChI=1S/C26H31N2O8S/c1-18(34-24(29)26(2,3)17-33-28(31)32)35-25(30)27(4)15-14-22(23-13-8-16-37-23)36-21-12-7-10-19-9-5-6-11-20(19)21/h5-13,16,18,22H,14-15,17H2,1-4H3,(H,31,32)/q+1. The molecule has 37 heavy (non-hydrogen) atoms. The fourth-order valence-corrected chi connectivity index (χ4v) is 4.22. The number of carbonyl (C=O) groups is 2. The van der Waals surface area contributed by atoms with Crippen LogP contribution in [0.3, 0.4) is 0 Å². The van der Waals surface area contributed by atoms with E-state index in [9.17, 15) is 14.5 Å². The van der Waals surface area contributed by atoms with Gasteiger partial charge < -0.3 is 19.1 Å². The van der Waals surface area contributed by atoms with Crippen molar-refractivity contribution in [1.29, 1.82) is 0 Å². The number of carbonyl (C=O) groups excluding carboxylic acids is 2. The molecule has 198 valence electrons. The lowest BCUT2D eigenvalue weighted by atomic mass is 9.95. The Labute approximate surface area is 218 Å². The Hall–Kier alpha value is -3.86. The van der Waals surface area contributed by atoms with Crippen molar-refractivity contribution in [3.63, 3.8) is 0 Å². The summed E-state index contributed by atoms with van der Waals surface area (Å²) in [6, 6.07) is 17.8. The van der Waals surface area contributed by atoms with Crippen molar-refractivity contribution in [2.24, 2.45) is 5.41 Å². The molecular weight excluding hydrogens is 500 g/mol. The summed E-state index contributed by atoms with van der Waals surface area (Å²) in [5, 5.41) is 11.9. The third-order valence-electron chi connectivity index (χ3n) is 5.55. The van der Waals surface area contributed by atoms with Crippen molar-refractivity contribution >= 4 is 34.2 Å². The minimum absolute atomic E-state index is 0.288. The van der Waals surface area contributed by atoms with E-state index in [0.717, 1.165) is 21.4 Å². The van der Waals surface area contributed by atoms with Gasteiger partial charge in [-0.3, -0.25) is 4.79 Å². The molecule has 1 heterocycles. The number of esters is 1. The van der Waals surface area contributed by atoms with Gasteiger partial charge in [-0.25, -0.2) is 10.0 Å². The van der Waals surface area contributed by atoms with Gasteiger partial charge in [-0.2, -0.15) is 4.84 Å². The molecule has 0 spiro atoms. The van der Waals surface area contributed by atoms with E-state index >= 15 is 0 Å². The van der Waals surface area contributed by atoms with E-state index in [1.54, 1.807) is 18.4 Å². The van der Waals surface area contributed by atoms with Crippen LogP contribution < -0.4 is 4.74 Å². The van der Waals surface area contributed by atoms with E-state index in [4.69, 9.17) is 19.4 Å². The molecule has 0 saturated carbocycles. The highest BCUT2D eigenvalue weighted by Gasteiger charge is 2.35. The van der Waals surface area contributed by atoms with Crippen molar-refractivity contribution < 1.29 is 38.9 Å². The van der Waals surface area contributed by atoms with Gasteiger partial charge in [-0.15, -0.1) is 11.3 Å². The number of nitrogens with zero attached hydrogens (tertiary/aromatic N) is 2. The Balaban J connectivity index is 1.58. The van der Waals surface area contributed by atoms with Crippen LogP contribution in [-0.4, -0.2) is 53.7 Å². The topological polar surface area (TPSA) is 115 Å². The number of thiophene rings is 1. The van der Waals surface area contributed by atoms with Crippen molar-refractivity contribution in [3.8, 4) is 5.75 Å². The number of amides is 1. The molecule has 0 saturated heterocycles. The molecule has 1 amide bonds. The molecule has 10 nitrogen and oxygen atoms in total. The molecule has 0 fully saturated rings. The highest BCUT2D eigenvalue weighted by atomic mass is 32.1. The SMILES string of the molecule is CC(OC(=O)N(C)CCC(Oc1cccc2ccccc12)c1cccs1)OC(=O)C(C)(C)CO[N+](=O)O. The van der Waals surface area contributed by atoms with Crippen LogP contribution in [0.5, 0.6) is 5.75 Å². The van der Waals surface area contributed by atoms with Gasteiger partial charge in [0, 0.05) is 37.2 Å². The van der Waals surface area contributed by atoms with E-state index < -0.39 is 35.5 Å². The maximum atomic E-state index is 12.6. The largest absolute Gasteiger partial charge is 0.484 e. The fraction of sp³-hybridized carbons (Fsp3) is 0.385. The number of fused-ring (bicyclic) bond motifs is 1. The van der Waals surface area contributed by atoms with Gasteiger partial charge in [0.15, 0.2) is 6.61 Å². The predicted molar refractivity (Wildman–Crippen MR) is 136 cm³/mol. The molecular formula is C26H31N2O8S+. The Bertz CT molecular complexity index is 1210. The fourth-order valence-electron chi connectivity index (χ4n) is 3.43. The summed E-state index contributed by atoms with van der Waals surface area (Å²) in [6.45, 7) is 4.22. The monoisotopic (exact) mass is 531 g/mol. The quantitative estimate of drug-likeness (QED) is 0.185. The molecule has 0 aliphatic rings. The smallest absolute Gasteiger partial charge is 0.475 e. The third kappa shape index (κ3) is 7.81. The Kier molecular flexibility index (Phi) is 9.29. The van der Waals surface area contributed by atoms with Gasteiger partial charge in [0.1, 0.15) is 22.2 Å². The van der Waals surface area contributed by atoms with Crippen LogP contribution in [0.4, 0.5) is 4.79 Å². The molecule has 2 aromatic carbocycles. The number of hydrogen-bond acceptors (Lipinski definition) is 8. The zero-order valence-corrected chi connectivity index (χ0v) is 22.0. The van der Waals surface area contributed by atoms with Gasteiger partial charge in [0.2, 0.25) is 6.29 Å². The summed E-state index contributed by atoms with van der Waals surface area (Å²) in [4.78, 5) is 42.2. The van der Waals surface area contributed by atoms with Gasteiger partial charge in [-0.1, -0.05) is 42.5 Å². The van der Waals surface area contributed by atoms with Crippen molar-refractivity contribution in [1.82, 2.24) is 4.90 Å². The number of rotatable bonds is 12. The maximum Gasteiger partial charge on any atom is 0.475 e. The molecule has 11 heteroatoms. The second-order valence-corrected chi connectivity index (χ2v) is 10.0. The number of hydrogen-bond donors (Lipinski definition) is 1. The second-order valence-electron chi connectivity index (χ2n) is 9.06.